The van der Waals surface area contributed by atoms with Crippen molar-refractivity contribution in [2.75, 3.05) is 11.9 Å². The maximum atomic E-state index is 10.8. The van der Waals surface area contributed by atoms with Crippen LogP contribution in [0.1, 0.15) is 18.9 Å². The molecule has 0 atom stereocenters. The van der Waals surface area contributed by atoms with Crippen molar-refractivity contribution in [3.63, 3.8) is 0 Å². The highest BCUT2D eigenvalue weighted by Gasteiger charge is 2.03. The van der Waals surface area contributed by atoms with Gasteiger partial charge in [-0.15, -0.1) is 0 Å². The van der Waals surface area contributed by atoms with Gasteiger partial charge in [0.25, 0.3) is 0 Å². The normalized spacial score (nSPS) is 11.4. The lowest BCUT2D eigenvalue weighted by atomic mass is 10.2. The van der Waals surface area contributed by atoms with Crippen LogP contribution in [0.5, 0.6) is 0 Å². The van der Waals surface area contributed by atoms with Gasteiger partial charge in [0.05, 0.1) is 0 Å². The van der Waals surface area contributed by atoms with Crippen LogP contribution in [0.3, 0.4) is 0 Å². The van der Waals surface area contributed by atoms with Crippen molar-refractivity contribution >= 4 is 27.6 Å². The molecule has 2 N–H and O–H groups in total. The highest BCUT2D eigenvalue weighted by molar-refractivity contribution is 9.10. The van der Waals surface area contributed by atoms with Crippen molar-refractivity contribution in [2.45, 2.75) is 20.3 Å². The second-order valence-electron chi connectivity index (χ2n) is 3.68. The van der Waals surface area contributed by atoms with E-state index in [2.05, 4.69) is 21.2 Å². The SMILES string of the molecule is CC/C(=C/CNc1cccc(Br)c1C)C(=O)O. The van der Waals surface area contributed by atoms with Gasteiger partial charge in [-0.1, -0.05) is 35.0 Å². The maximum Gasteiger partial charge on any atom is 0.331 e. The minimum absolute atomic E-state index is 0.435. The Hall–Kier alpha value is -1.29. The maximum absolute atomic E-state index is 10.8. The van der Waals surface area contributed by atoms with Gasteiger partial charge in [0.2, 0.25) is 0 Å². The molecule has 1 aromatic carbocycles. The number of carboxylic acids is 1. The first-order valence-corrected chi connectivity index (χ1v) is 6.26. The van der Waals surface area contributed by atoms with Crippen molar-refractivity contribution in [3.8, 4) is 0 Å². The fourth-order valence-corrected chi connectivity index (χ4v) is 1.83. The minimum Gasteiger partial charge on any atom is -0.478 e. The van der Waals surface area contributed by atoms with E-state index in [-0.39, 0.29) is 0 Å². The average Bonchev–Trinajstić information content (AvgIpc) is 2.29. The summed E-state index contributed by atoms with van der Waals surface area (Å²) in [6.45, 7) is 4.37. The number of rotatable bonds is 5. The van der Waals surface area contributed by atoms with Gasteiger partial charge in [0.15, 0.2) is 0 Å². The first kappa shape index (κ1) is 13.8. The summed E-state index contributed by atoms with van der Waals surface area (Å²) in [4.78, 5) is 10.8. The van der Waals surface area contributed by atoms with Gasteiger partial charge < -0.3 is 10.4 Å². The van der Waals surface area contributed by atoms with Crippen LogP contribution >= 0.6 is 15.9 Å². The zero-order valence-corrected chi connectivity index (χ0v) is 11.5. The van der Waals surface area contributed by atoms with E-state index >= 15 is 0 Å². The molecule has 0 heterocycles. The Morgan fingerprint density at radius 2 is 2.24 bits per heavy atom. The van der Waals surface area contributed by atoms with Crippen LogP contribution in [0.2, 0.25) is 0 Å². The van der Waals surface area contributed by atoms with Crippen LogP contribution in [0, 0.1) is 6.92 Å². The van der Waals surface area contributed by atoms with Crippen molar-refractivity contribution < 1.29 is 9.90 Å². The Bertz CT molecular complexity index is 441. The number of carbonyl (C=O) groups is 1. The Balaban J connectivity index is 2.68. The van der Waals surface area contributed by atoms with Crippen molar-refractivity contribution in [1.82, 2.24) is 0 Å². The number of benzene rings is 1. The van der Waals surface area contributed by atoms with Gasteiger partial charge >= 0.3 is 5.97 Å². The first-order valence-electron chi connectivity index (χ1n) is 5.47. The summed E-state index contributed by atoms with van der Waals surface area (Å²) < 4.78 is 1.04. The van der Waals surface area contributed by atoms with E-state index in [1.807, 2.05) is 32.0 Å². The smallest absolute Gasteiger partial charge is 0.331 e. The zero-order valence-electron chi connectivity index (χ0n) is 9.96. The van der Waals surface area contributed by atoms with Gasteiger partial charge in [0, 0.05) is 22.3 Å². The van der Waals surface area contributed by atoms with E-state index in [0.717, 1.165) is 15.7 Å². The number of hydrogen-bond acceptors (Lipinski definition) is 2. The topological polar surface area (TPSA) is 49.3 Å². The molecule has 0 spiro atoms. The lowest BCUT2D eigenvalue weighted by Gasteiger charge is -2.09. The summed E-state index contributed by atoms with van der Waals surface area (Å²) in [5.74, 6) is -0.847. The van der Waals surface area contributed by atoms with E-state index in [4.69, 9.17) is 5.11 Å². The third-order valence-corrected chi connectivity index (χ3v) is 3.42. The molecule has 0 bridgehead atoms. The molecule has 4 heteroatoms. The zero-order chi connectivity index (χ0) is 12.8. The Morgan fingerprint density at radius 3 is 2.82 bits per heavy atom. The molecule has 1 rings (SSSR count). The first-order chi connectivity index (χ1) is 8.06. The van der Waals surface area contributed by atoms with Gasteiger partial charge in [-0.2, -0.15) is 0 Å². The monoisotopic (exact) mass is 297 g/mol. The molecule has 0 saturated carbocycles. The van der Waals surface area contributed by atoms with Crippen LogP contribution in [-0.2, 0) is 4.79 Å². The number of carboxylic acid groups (broad SMARTS) is 1. The van der Waals surface area contributed by atoms with E-state index < -0.39 is 5.97 Å². The lowest BCUT2D eigenvalue weighted by molar-refractivity contribution is -0.132. The van der Waals surface area contributed by atoms with Crippen LogP contribution in [0.25, 0.3) is 0 Å². The summed E-state index contributed by atoms with van der Waals surface area (Å²) in [6.07, 6.45) is 2.25. The van der Waals surface area contributed by atoms with E-state index in [1.165, 1.54) is 0 Å². The number of aliphatic carboxylic acids is 1. The molecule has 0 fully saturated rings. The second kappa shape index (κ2) is 6.45. The number of halogens is 1. The molecular formula is C13H16BrNO2. The third kappa shape index (κ3) is 3.89. The van der Waals surface area contributed by atoms with Crippen LogP contribution in [-0.4, -0.2) is 17.6 Å². The number of anilines is 1. The van der Waals surface area contributed by atoms with E-state index in [9.17, 15) is 4.79 Å². The highest BCUT2D eigenvalue weighted by atomic mass is 79.9. The second-order valence-corrected chi connectivity index (χ2v) is 4.54. The van der Waals surface area contributed by atoms with Gasteiger partial charge in [-0.3, -0.25) is 0 Å². The molecule has 0 aliphatic rings. The van der Waals surface area contributed by atoms with E-state index in [0.29, 0.717) is 18.5 Å². The van der Waals surface area contributed by atoms with Gasteiger partial charge in [-0.25, -0.2) is 4.79 Å². The van der Waals surface area contributed by atoms with Crippen LogP contribution in [0.4, 0.5) is 5.69 Å². The molecule has 0 saturated heterocycles. The summed E-state index contributed by atoms with van der Waals surface area (Å²) >= 11 is 3.45. The Labute approximate surface area is 110 Å². The fourth-order valence-electron chi connectivity index (χ4n) is 1.47. The Morgan fingerprint density at radius 1 is 1.53 bits per heavy atom. The molecule has 17 heavy (non-hydrogen) atoms. The molecule has 0 aliphatic heterocycles. The summed E-state index contributed by atoms with van der Waals surface area (Å²) in [6, 6.07) is 5.90. The summed E-state index contributed by atoms with van der Waals surface area (Å²) in [5.41, 5.74) is 2.57. The molecular weight excluding hydrogens is 282 g/mol. The highest BCUT2D eigenvalue weighted by Crippen LogP contribution is 2.23. The number of hydrogen-bond donors (Lipinski definition) is 2. The van der Waals surface area contributed by atoms with Crippen molar-refractivity contribution in [3.05, 3.63) is 39.9 Å². The van der Waals surface area contributed by atoms with Crippen LogP contribution in [0.15, 0.2) is 34.3 Å². The predicted molar refractivity (Wildman–Crippen MR) is 73.4 cm³/mol. The molecule has 0 unspecified atom stereocenters. The van der Waals surface area contributed by atoms with E-state index in [1.54, 1.807) is 6.08 Å². The summed E-state index contributed by atoms with van der Waals surface area (Å²) in [7, 11) is 0. The predicted octanol–water partition coefficient (Wildman–Crippen LogP) is 3.59. The molecule has 0 aliphatic carbocycles. The lowest BCUT2D eigenvalue weighted by Crippen LogP contribution is -2.05. The third-order valence-electron chi connectivity index (χ3n) is 2.56. The molecule has 92 valence electrons. The number of nitrogens with one attached hydrogen (secondary N) is 1. The minimum atomic E-state index is -0.847. The fraction of sp³-hybridized carbons (Fsp3) is 0.308. The average molecular weight is 298 g/mol. The standard InChI is InChI=1S/C13H16BrNO2/c1-3-10(13(16)17)7-8-15-12-6-4-5-11(14)9(12)2/h4-7,15H,3,8H2,1-2H3,(H,16,17)/b10-7-. The van der Waals surface area contributed by atoms with Gasteiger partial charge in [0.1, 0.15) is 0 Å². The Kier molecular flexibility index (Phi) is 5.22. The van der Waals surface area contributed by atoms with Crippen molar-refractivity contribution in [1.29, 1.82) is 0 Å². The summed E-state index contributed by atoms with van der Waals surface area (Å²) in [5, 5.41) is 12.1. The molecule has 0 aromatic heterocycles. The molecule has 0 amide bonds. The van der Waals surface area contributed by atoms with Crippen LogP contribution < -0.4 is 5.32 Å². The quantitative estimate of drug-likeness (QED) is 0.817. The largest absolute Gasteiger partial charge is 0.478 e. The molecule has 0 radical (unpaired) electrons. The van der Waals surface area contributed by atoms with Crippen molar-refractivity contribution in [2.24, 2.45) is 0 Å². The molecule has 3 nitrogen and oxygen atoms in total. The van der Waals surface area contributed by atoms with Gasteiger partial charge in [-0.05, 0) is 31.0 Å². The molecule has 1 aromatic rings.